The fourth-order valence-corrected chi connectivity index (χ4v) is 3.03. The van der Waals surface area contributed by atoms with Crippen molar-refractivity contribution in [3.63, 3.8) is 0 Å². The molecule has 0 saturated carbocycles. The van der Waals surface area contributed by atoms with E-state index in [-0.39, 0.29) is 22.9 Å². The van der Waals surface area contributed by atoms with Crippen LogP contribution in [0.5, 0.6) is 0 Å². The normalized spacial score (nSPS) is 16.2. The van der Waals surface area contributed by atoms with Gasteiger partial charge in [0.1, 0.15) is 11.6 Å². The summed E-state index contributed by atoms with van der Waals surface area (Å²) < 4.78 is 31.0. The summed E-state index contributed by atoms with van der Waals surface area (Å²) in [5, 5.41) is 0. The van der Waals surface area contributed by atoms with Crippen molar-refractivity contribution < 1.29 is 18.1 Å². The molecule has 0 aromatic heterocycles. The van der Waals surface area contributed by atoms with Crippen LogP contribution in [0.4, 0.5) is 4.39 Å². The minimum absolute atomic E-state index is 0.178. The molecular weight excluding hydrogens is 327 g/mol. The van der Waals surface area contributed by atoms with Gasteiger partial charge < -0.3 is 4.74 Å². The second-order valence-electron chi connectivity index (χ2n) is 6.09. The molecule has 5 heteroatoms. The van der Waals surface area contributed by atoms with Gasteiger partial charge in [0, 0.05) is 9.77 Å². The van der Waals surface area contributed by atoms with E-state index in [0.29, 0.717) is 28.4 Å². The van der Waals surface area contributed by atoms with Gasteiger partial charge in [-0.15, -0.1) is 0 Å². The van der Waals surface area contributed by atoms with Gasteiger partial charge in [-0.2, -0.15) is 0 Å². The van der Waals surface area contributed by atoms with Gasteiger partial charge in [0.05, 0.1) is 11.1 Å². The third-order valence-corrected chi connectivity index (χ3v) is 4.38. The predicted molar refractivity (Wildman–Crippen MR) is 91.6 cm³/mol. The minimum Gasteiger partial charge on any atom is -0.478 e. The summed E-state index contributed by atoms with van der Waals surface area (Å²) in [4.78, 5) is 12.7. The highest BCUT2D eigenvalue weighted by Gasteiger charge is 2.43. The number of hydrogen-bond acceptors (Lipinski definition) is 3. The van der Waals surface area contributed by atoms with Crippen LogP contribution in [0.2, 0.25) is 0 Å². The molecule has 0 atom stereocenters. The first-order chi connectivity index (χ1) is 11.4. The van der Waals surface area contributed by atoms with Crippen LogP contribution < -0.4 is 0 Å². The Balaban J connectivity index is 2.17. The van der Waals surface area contributed by atoms with Crippen molar-refractivity contribution in [2.75, 3.05) is 0 Å². The molecule has 3 nitrogen and oxygen atoms in total. The van der Waals surface area contributed by atoms with Gasteiger partial charge in [-0.05, 0) is 31.5 Å². The highest BCUT2D eigenvalue weighted by molar-refractivity contribution is 7.64. The van der Waals surface area contributed by atoms with Gasteiger partial charge in [0.2, 0.25) is 5.78 Å². The van der Waals surface area contributed by atoms with E-state index in [1.807, 2.05) is 18.2 Å². The van der Waals surface area contributed by atoms with Gasteiger partial charge in [-0.25, -0.2) is 4.39 Å². The Kier molecular flexibility index (Phi) is 4.28. The van der Waals surface area contributed by atoms with Crippen molar-refractivity contribution in [2.45, 2.75) is 25.2 Å². The molecule has 2 aromatic carbocycles. The molecule has 1 aliphatic rings. The molecule has 0 unspecified atom stereocenters. The summed E-state index contributed by atoms with van der Waals surface area (Å²) >= 11 is 0.385. The van der Waals surface area contributed by atoms with E-state index >= 15 is 0 Å². The molecule has 0 amide bonds. The first-order valence-corrected chi connectivity index (χ1v) is 8.42. The van der Waals surface area contributed by atoms with Gasteiger partial charge in [0.15, 0.2) is 5.60 Å². The molecule has 0 spiro atoms. The lowest BCUT2D eigenvalue weighted by Gasteiger charge is -2.18. The molecular formula is C19H16FO3S+. The van der Waals surface area contributed by atoms with Crippen LogP contribution in [0.1, 0.15) is 30.5 Å². The summed E-state index contributed by atoms with van der Waals surface area (Å²) in [6.07, 6.45) is 0. The Hall–Kier alpha value is -2.40. The fourth-order valence-electron chi connectivity index (χ4n) is 2.71. The van der Waals surface area contributed by atoms with Crippen LogP contribution in [-0.4, -0.2) is 11.4 Å². The van der Waals surface area contributed by atoms with E-state index in [2.05, 4.69) is 0 Å². The standard InChI is InChI=1S/C19H16FO3S/c1-19(2)18(21)16(13-6-4-3-5-7-13)17(23-19)14-9-8-12(11-24-22)10-15(14)20/h3-10H,11H2,1-2H3/q+1. The third-order valence-electron chi connectivity index (χ3n) is 3.92. The monoisotopic (exact) mass is 343 g/mol. The average molecular weight is 343 g/mol. The quantitative estimate of drug-likeness (QED) is 0.788. The number of halogens is 1. The summed E-state index contributed by atoms with van der Waals surface area (Å²) in [6, 6.07) is 13.7. The van der Waals surface area contributed by atoms with E-state index in [0.717, 1.165) is 0 Å². The molecule has 0 radical (unpaired) electrons. The van der Waals surface area contributed by atoms with Crippen LogP contribution in [-0.2, 0) is 31.2 Å². The van der Waals surface area contributed by atoms with Crippen molar-refractivity contribution in [2.24, 2.45) is 0 Å². The number of hydrogen-bond donors (Lipinski definition) is 0. The number of ether oxygens (including phenoxy) is 1. The van der Waals surface area contributed by atoms with Crippen LogP contribution in [0.15, 0.2) is 48.5 Å². The number of carbonyl (C=O) groups excluding carboxylic acids is 1. The maximum absolute atomic E-state index is 14.6. The Morgan fingerprint density at radius 3 is 2.46 bits per heavy atom. The molecule has 3 rings (SSSR count). The van der Waals surface area contributed by atoms with Gasteiger partial charge in [0.25, 0.3) is 5.75 Å². The highest BCUT2D eigenvalue weighted by atomic mass is 32.1. The predicted octanol–water partition coefficient (Wildman–Crippen LogP) is 4.00. The SMILES string of the molecule is CC1(C)OC(c2ccc(C[S+]=O)cc2F)=C(c2ccccc2)C1=O. The maximum atomic E-state index is 14.6. The molecule has 0 fully saturated rings. The van der Waals surface area contributed by atoms with Crippen LogP contribution in [0.25, 0.3) is 11.3 Å². The smallest absolute Gasteiger partial charge is 0.463 e. The Morgan fingerprint density at radius 2 is 1.83 bits per heavy atom. The molecule has 0 bridgehead atoms. The van der Waals surface area contributed by atoms with Gasteiger partial charge in [-0.3, -0.25) is 4.79 Å². The van der Waals surface area contributed by atoms with Gasteiger partial charge >= 0.3 is 11.7 Å². The molecule has 1 aliphatic heterocycles. The summed E-state index contributed by atoms with van der Waals surface area (Å²) in [5.74, 6) is -0.250. The lowest BCUT2D eigenvalue weighted by Crippen LogP contribution is -2.29. The van der Waals surface area contributed by atoms with E-state index in [1.165, 1.54) is 6.07 Å². The topological polar surface area (TPSA) is 43.4 Å². The minimum atomic E-state index is -1.05. The zero-order chi connectivity index (χ0) is 17.3. The number of ketones is 1. The van der Waals surface area contributed by atoms with Crippen molar-refractivity contribution in [3.8, 4) is 0 Å². The third kappa shape index (κ3) is 2.87. The van der Waals surface area contributed by atoms with E-state index < -0.39 is 11.4 Å². The summed E-state index contributed by atoms with van der Waals surface area (Å²) in [6.45, 7) is 3.34. The number of benzene rings is 2. The van der Waals surface area contributed by atoms with Crippen LogP contribution in [0, 0.1) is 5.82 Å². The Morgan fingerprint density at radius 1 is 1.12 bits per heavy atom. The van der Waals surface area contributed by atoms with E-state index in [4.69, 9.17) is 4.74 Å². The van der Waals surface area contributed by atoms with Crippen molar-refractivity contribution in [1.82, 2.24) is 0 Å². The van der Waals surface area contributed by atoms with Crippen molar-refractivity contribution in [3.05, 3.63) is 71.0 Å². The molecule has 0 N–H and O–H groups in total. The molecule has 122 valence electrons. The van der Waals surface area contributed by atoms with Crippen LogP contribution in [0.3, 0.4) is 0 Å². The zero-order valence-corrected chi connectivity index (χ0v) is 14.2. The molecule has 24 heavy (non-hydrogen) atoms. The molecule has 1 heterocycles. The second kappa shape index (κ2) is 6.24. The zero-order valence-electron chi connectivity index (χ0n) is 13.3. The van der Waals surface area contributed by atoms with E-state index in [1.54, 1.807) is 38.1 Å². The molecule has 0 saturated heterocycles. The largest absolute Gasteiger partial charge is 0.478 e. The maximum Gasteiger partial charge on any atom is 0.463 e. The van der Waals surface area contributed by atoms with Crippen LogP contribution >= 0.6 is 0 Å². The molecule has 2 aromatic rings. The summed E-state index contributed by atoms with van der Waals surface area (Å²) in [7, 11) is 0. The lowest BCUT2D eigenvalue weighted by atomic mass is 9.92. The second-order valence-corrected chi connectivity index (χ2v) is 6.61. The fraction of sp³-hybridized carbons (Fsp3) is 0.211. The Bertz CT molecular complexity index is 841. The van der Waals surface area contributed by atoms with Crippen molar-refractivity contribution >= 4 is 28.8 Å². The number of Topliss-reactive ketones (excluding diaryl/α,β-unsaturated/α-hetero) is 1. The first kappa shape index (κ1) is 16.5. The Labute approximate surface area is 143 Å². The number of rotatable bonds is 4. The average Bonchev–Trinajstić information content (AvgIpc) is 2.79. The summed E-state index contributed by atoms with van der Waals surface area (Å²) in [5.41, 5.74) is 0.859. The molecule has 0 aliphatic carbocycles. The van der Waals surface area contributed by atoms with Crippen molar-refractivity contribution in [1.29, 1.82) is 0 Å². The highest BCUT2D eigenvalue weighted by Crippen LogP contribution is 2.41. The van der Waals surface area contributed by atoms with Gasteiger partial charge in [-0.1, -0.05) is 36.4 Å². The lowest BCUT2D eigenvalue weighted by molar-refractivity contribution is -0.125. The number of carbonyl (C=O) groups is 1. The first-order valence-electron chi connectivity index (χ1n) is 7.51. The van der Waals surface area contributed by atoms with E-state index in [9.17, 15) is 13.4 Å².